The van der Waals surface area contributed by atoms with Crippen molar-refractivity contribution < 1.29 is 19.0 Å². The summed E-state index contributed by atoms with van der Waals surface area (Å²) in [6, 6.07) is 15.4. The first kappa shape index (κ1) is 24.4. The van der Waals surface area contributed by atoms with E-state index in [0.29, 0.717) is 24.7 Å². The number of benzene rings is 2. The Hall–Kier alpha value is -3.72. The summed E-state index contributed by atoms with van der Waals surface area (Å²) in [5.74, 6) is 2.32. The van der Waals surface area contributed by atoms with Crippen LogP contribution < -0.4 is 19.5 Å². The number of nitrogens with zero attached hydrogens (tertiary/aromatic N) is 3. The Morgan fingerprint density at radius 2 is 1.83 bits per heavy atom. The average Bonchev–Trinajstić information content (AvgIpc) is 3.30. The highest BCUT2D eigenvalue weighted by atomic mass is 32.2. The zero-order valence-electron chi connectivity index (χ0n) is 20.2. The second-order valence-electron chi connectivity index (χ2n) is 7.74. The van der Waals surface area contributed by atoms with Gasteiger partial charge < -0.3 is 19.5 Å². The minimum Gasteiger partial charge on any atom is -0.494 e. The highest BCUT2D eigenvalue weighted by Gasteiger charge is 2.15. The van der Waals surface area contributed by atoms with Crippen molar-refractivity contribution in [3.8, 4) is 28.4 Å². The van der Waals surface area contributed by atoms with Gasteiger partial charge in [0.15, 0.2) is 17.1 Å². The van der Waals surface area contributed by atoms with Crippen LogP contribution in [-0.4, -0.2) is 47.1 Å². The van der Waals surface area contributed by atoms with Gasteiger partial charge in [0.05, 0.1) is 32.8 Å². The molecule has 35 heavy (non-hydrogen) atoms. The highest BCUT2D eigenvalue weighted by molar-refractivity contribution is 7.99. The summed E-state index contributed by atoms with van der Waals surface area (Å²) in [5, 5.41) is 8.36. The van der Waals surface area contributed by atoms with Crippen molar-refractivity contribution in [2.75, 3.05) is 26.6 Å². The molecule has 8 nitrogen and oxygen atoms in total. The van der Waals surface area contributed by atoms with Gasteiger partial charge >= 0.3 is 0 Å². The molecule has 0 aliphatic rings. The van der Waals surface area contributed by atoms with Crippen molar-refractivity contribution in [1.29, 1.82) is 0 Å². The molecule has 0 aliphatic carbocycles. The monoisotopic (exact) mass is 492 g/mol. The van der Waals surface area contributed by atoms with Crippen LogP contribution in [0.15, 0.2) is 59.8 Å². The first-order valence-corrected chi connectivity index (χ1v) is 12.2. The van der Waals surface area contributed by atoms with Gasteiger partial charge in [0.2, 0.25) is 5.91 Å². The molecule has 1 amide bonds. The van der Waals surface area contributed by atoms with E-state index < -0.39 is 0 Å². The lowest BCUT2D eigenvalue weighted by Gasteiger charge is -2.10. The molecule has 4 aromatic rings. The van der Waals surface area contributed by atoms with Gasteiger partial charge in [0, 0.05) is 17.8 Å². The molecule has 2 aromatic carbocycles. The maximum absolute atomic E-state index is 12.5. The van der Waals surface area contributed by atoms with E-state index in [1.807, 2.05) is 62.4 Å². The second-order valence-corrected chi connectivity index (χ2v) is 8.74. The number of hydrogen-bond donors (Lipinski definition) is 1. The molecule has 0 spiro atoms. The molecule has 9 heteroatoms. The van der Waals surface area contributed by atoms with E-state index in [-0.39, 0.29) is 11.7 Å². The van der Waals surface area contributed by atoms with Crippen molar-refractivity contribution in [3.05, 3.63) is 66.0 Å². The van der Waals surface area contributed by atoms with E-state index in [9.17, 15) is 4.79 Å². The number of aryl methyl sites for hydroxylation is 1. The first-order chi connectivity index (χ1) is 17.0. The van der Waals surface area contributed by atoms with E-state index >= 15 is 0 Å². The fourth-order valence-electron chi connectivity index (χ4n) is 3.62. The van der Waals surface area contributed by atoms with Gasteiger partial charge in [-0.25, -0.2) is 9.50 Å². The summed E-state index contributed by atoms with van der Waals surface area (Å²) in [4.78, 5) is 17.2. The molecule has 2 aromatic heterocycles. The molecule has 0 radical (unpaired) electrons. The largest absolute Gasteiger partial charge is 0.494 e. The minimum absolute atomic E-state index is 0.0567. The first-order valence-electron chi connectivity index (χ1n) is 11.2. The predicted molar refractivity (Wildman–Crippen MR) is 136 cm³/mol. The van der Waals surface area contributed by atoms with Crippen LogP contribution >= 0.6 is 11.8 Å². The maximum atomic E-state index is 12.5. The molecule has 0 bridgehead atoms. The smallest absolute Gasteiger partial charge is 0.230 e. The molecule has 0 saturated heterocycles. The van der Waals surface area contributed by atoms with Crippen LogP contribution in [-0.2, 0) is 11.3 Å². The molecule has 0 fully saturated rings. The van der Waals surface area contributed by atoms with Gasteiger partial charge in [-0.15, -0.1) is 0 Å². The molecule has 0 unspecified atom stereocenters. The van der Waals surface area contributed by atoms with Crippen molar-refractivity contribution in [2.24, 2.45) is 0 Å². The summed E-state index contributed by atoms with van der Waals surface area (Å²) in [5.41, 5.74) is 4.36. The molecule has 0 atom stereocenters. The lowest BCUT2D eigenvalue weighted by atomic mass is 10.1. The fourth-order valence-corrected chi connectivity index (χ4v) is 4.51. The number of carbonyl (C=O) groups is 1. The SMILES string of the molecule is CCOc1ccc(CNC(=O)CSc2cc(C)nc3c(-c4ccc(OC)c(OC)c4)cnn23)cc1. The number of hydrogen-bond acceptors (Lipinski definition) is 7. The van der Waals surface area contributed by atoms with Gasteiger partial charge in [-0.1, -0.05) is 30.0 Å². The quantitative estimate of drug-likeness (QED) is 0.257. The zero-order valence-corrected chi connectivity index (χ0v) is 21.0. The standard InChI is InChI=1S/C26H28N4O4S/c1-5-34-20-9-6-18(7-10-20)14-27-24(31)16-35-25-12-17(2)29-26-21(15-28-30(25)26)19-8-11-22(32-3)23(13-19)33-4/h6-13,15H,5,14,16H2,1-4H3,(H,27,31). The summed E-state index contributed by atoms with van der Waals surface area (Å²) < 4.78 is 18.0. The molecular weight excluding hydrogens is 464 g/mol. The number of thioether (sulfide) groups is 1. The number of ether oxygens (including phenoxy) is 3. The van der Waals surface area contributed by atoms with Crippen molar-refractivity contribution in [1.82, 2.24) is 19.9 Å². The Kier molecular flexibility index (Phi) is 7.77. The fraction of sp³-hybridized carbons (Fsp3) is 0.269. The molecule has 0 aliphatic heterocycles. The minimum atomic E-state index is -0.0567. The van der Waals surface area contributed by atoms with Crippen LogP contribution in [0, 0.1) is 6.92 Å². The van der Waals surface area contributed by atoms with Gasteiger partial charge in [0.1, 0.15) is 10.8 Å². The highest BCUT2D eigenvalue weighted by Crippen LogP contribution is 2.34. The lowest BCUT2D eigenvalue weighted by molar-refractivity contribution is -0.118. The number of methoxy groups -OCH3 is 2. The topological polar surface area (TPSA) is 87.0 Å². The lowest BCUT2D eigenvalue weighted by Crippen LogP contribution is -2.24. The van der Waals surface area contributed by atoms with E-state index in [0.717, 1.165) is 38.8 Å². The molecule has 0 saturated carbocycles. The number of fused-ring (bicyclic) bond motifs is 1. The van der Waals surface area contributed by atoms with Crippen LogP contribution in [0.4, 0.5) is 0 Å². The Morgan fingerprint density at radius 1 is 1.06 bits per heavy atom. The van der Waals surface area contributed by atoms with Crippen LogP contribution in [0.2, 0.25) is 0 Å². The second kappa shape index (κ2) is 11.1. The molecule has 182 valence electrons. The van der Waals surface area contributed by atoms with E-state index in [1.165, 1.54) is 11.8 Å². The Bertz CT molecular complexity index is 1320. The Balaban J connectivity index is 1.46. The molecule has 4 rings (SSSR count). The molecule has 1 N–H and O–H groups in total. The normalized spacial score (nSPS) is 10.9. The van der Waals surface area contributed by atoms with Gasteiger partial charge in [-0.3, -0.25) is 4.79 Å². The van der Waals surface area contributed by atoms with Crippen molar-refractivity contribution >= 4 is 23.3 Å². The summed E-state index contributed by atoms with van der Waals surface area (Å²) >= 11 is 1.42. The Morgan fingerprint density at radius 3 is 2.54 bits per heavy atom. The third kappa shape index (κ3) is 5.68. The van der Waals surface area contributed by atoms with Gasteiger partial charge in [-0.05, 0) is 55.3 Å². The summed E-state index contributed by atoms with van der Waals surface area (Å²) in [6.45, 7) is 4.97. The van der Waals surface area contributed by atoms with E-state index in [1.54, 1.807) is 24.9 Å². The van der Waals surface area contributed by atoms with E-state index in [4.69, 9.17) is 19.2 Å². The van der Waals surface area contributed by atoms with Gasteiger partial charge in [-0.2, -0.15) is 5.10 Å². The number of aromatic nitrogens is 3. The number of nitrogens with one attached hydrogen (secondary N) is 1. The third-order valence-corrected chi connectivity index (χ3v) is 6.33. The van der Waals surface area contributed by atoms with Gasteiger partial charge in [0.25, 0.3) is 0 Å². The van der Waals surface area contributed by atoms with Crippen LogP contribution in [0.1, 0.15) is 18.2 Å². The predicted octanol–water partition coefficient (Wildman–Crippen LogP) is 4.53. The van der Waals surface area contributed by atoms with Crippen LogP contribution in [0.25, 0.3) is 16.8 Å². The van der Waals surface area contributed by atoms with Crippen molar-refractivity contribution in [3.63, 3.8) is 0 Å². The molecular formula is C26H28N4O4S. The average molecular weight is 493 g/mol. The number of rotatable bonds is 10. The third-order valence-electron chi connectivity index (χ3n) is 5.34. The maximum Gasteiger partial charge on any atom is 0.230 e. The van der Waals surface area contributed by atoms with Crippen molar-refractivity contribution in [2.45, 2.75) is 25.4 Å². The zero-order chi connectivity index (χ0) is 24.8. The Labute approximate surface area is 208 Å². The number of carbonyl (C=O) groups excluding carboxylic acids is 1. The van der Waals surface area contributed by atoms with E-state index in [2.05, 4.69) is 10.4 Å². The summed E-state index contributed by atoms with van der Waals surface area (Å²) in [6.07, 6.45) is 1.78. The van der Waals surface area contributed by atoms with Crippen LogP contribution in [0.3, 0.4) is 0 Å². The molecule has 2 heterocycles. The summed E-state index contributed by atoms with van der Waals surface area (Å²) in [7, 11) is 3.21. The number of amides is 1. The van der Waals surface area contributed by atoms with Crippen LogP contribution in [0.5, 0.6) is 17.2 Å².